The van der Waals surface area contributed by atoms with Crippen LogP contribution < -0.4 is 10.1 Å². The lowest BCUT2D eigenvalue weighted by atomic mass is 10.2. The largest absolute Gasteiger partial charge is 0.493 e. The van der Waals surface area contributed by atoms with Crippen molar-refractivity contribution in [2.45, 2.75) is 12.5 Å². The molecule has 1 aliphatic rings. The van der Waals surface area contributed by atoms with Gasteiger partial charge >= 0.3 is 0 Å². The molecule has 1 atom stereocenters. The summed E-state index contributed by atoms with van der Waals surface area (Å²) in [5, 5.41) is 4.43. The minimum atomic E-state index is 0.274. The van der Waals surface area contributed by atoms with E-state index in [1.54, 1.807) is 6.20 Å². The maximum atomic E-state index is 5.78. The van der Waals surface area contributed by atoms with Crippen LogP contribution in [0.3, 0.4) is 0 Å². The molecule has 1 saturated heterocycles. The molecule has 1 aliphatic heterocycles. The first kappa shape index (κ1) is 12.4. The van der Waals surface area contributed by atoms with Crippen molar-refractivity contribution in [2.75, 3.05) is 26.3 Å². The second-order valence-electron chi connectivity index (χ2n) is 4.69. The lowest BCUT2D eigenvalue weighted by Gasteiger charge is -2.23. The van der Waals surface area contributed by atoms with Crippen molar-refractivity contribution in [1.82, 2.24) is 10.3 Å². The lowest BCUT2D eigenvalue weighted by Crippen LogP contribution is -2.39. The number of nitrogens with zero attached hydrogens (tertiary/aromatic N) is 1. The Morgan fingerprint density at radius 3 is 3.26 bits per heavy atom. The molecule has 1 N–H and O–H groups in total. The predicted molar refractivity (Wildman–Crippen MR) is 74.5 cm³/mol. The monoisotopic (exact) mass is 258 g/mol. The van der Waals surface area contributed by atoms with Crippen molar-refractivity contribution < 1.29 is 9.47 Å². The average molecular weight is 258 g/mol. The Hall–Kier alpha value is -1.65. The third-order valence-corrected chi connectivity index (χ3v) is 3.29. The van der Waals surface area contributed by atoms with E-state index in [0.29, 0.717) is 6.61 Å². The molecule has 1 unspecified atom stereocenters. The van der Waals surface area contributed by atoms with Crippen LogP contribution in [-0.4, -0.2) is 37.4 Å². The first-order valence-corrected chi connectivity index (χ1v) is 6.72. The normalized spacial score (nSPS) is 19.5. The summed E-state index contributed by atoms with van der Waals surface area (Å²) in [6.07, 6.45) is 2.99. The summed E-state index contributed by atoms with van der Waals surface area (Å²) in [6, 6.07) is 9.97. The summed E-state index contributed by atoms with van der Waals surface area (Å²) in [5.41, 5.74) is 0.995. The van der Waals surface area contributed by atoms with E-state index in [2.05, 4.69) is 10.3 Å². The lowest BCUT2D eigenvalue weighted by molar-refractivity contribution is 0.0159. The number of hydrogen-bond acceptors (Lipinski definition) is 4. The zero-order valence-corrected chi connectivity index (χ0v) is 10.8. The third kappa shape index (κ3) is 3.22. The highest BCUT2D eigenvalue weighted by atomic mass is 16.5. The summed E-state index contributed by atoms with van der Waals surface area (Å²) in [4.78, 5) is 4.29. The van der Waals surface area contributed by atoms with Gasteiger partial charge in [0.25, 0.3) is 0 Å². The Balaban J connectivity index is 1.56. The van der Waals surface area contributed by atoms with E-state index < -0.39 is 0 Å². The van der Waals surface area contributed by atoms with Crippen LogP contribution in [-0.2, 0) is 4.74 Å². The molecule has 3 rings (SSSR count). The van der Waals surface area contributed by atoms with Gasteiger partial charge in [0.1, 0.15) is 5.75 Å². The average Bonchev–Trinajstić information content (AvgIpc) is 2.48. The standard InChI is InChI=1S/C15H18N2O2/c1-2-12-10-13(3-4-15(12)17-6-1)18-8-5-14-11-16-7-9-19-14/h1-4,6,10,14,16H,5,7-9,11H2. The third-order valence-electron chi connectivity index (χ3n) is 3.29. The van der Waals surface area contributed by atoms with Gasteiger partial charge in [-0.25, -0.2) is 0 Å². The topological polar surface area (TPSA) is 43.4 Å². The predicted octanol–water partition coefficient (Wildman–Crippen LogP) is 1.99. The zero-order valence-electron chi connectivity index (χ0n) is 10.8. The Morgan fingerprint density at radius 1 is 1.37 bits per heavy atom. The molecule has 0 amide bonds. The molecule has 19 heavy (non-hydrogen) atoms. The van der Waals surface area contributed by atoms with E-state index in [1.165, 1.54) is 0 Å². The number of morpholine rings is 1. The molecule has 2 aromatic rings. The molecule has 1 fully saturated rings. The smallest absolute Gasteiger partial charge is 0.120 e. The molecule has 4 heteroatoms. The van der Waals surface area contributed by atoms with Crippen LogP contribution in [0, 0.1) is 0 Å². The summed E-state index contributed by atoms with van der Waals surface area (Å²) in [5.74, 6) is 0.893. The second-order valence-corrected chi connectivity index (χ2v) is 4.69. The molecule has 0 spiro atoms. The maximum absolute atomic E-state index is 5.78. The van der Waals surface area contributed by atoms with Gasteiger partial charge in [0.05, 0.1) is 24.8 Å². The van der Waals surface area contributed by atoms with Gasteiger partial charge in [-0.3, -0.25) is 4.98 Å². The Morgan fingerprint density at radius 2 is 2.37 bits per heavy atom. The van der Waals surface area contributed by atoms with Crippen LogP contribution in [0.1, 0.15) is 6.42 Å². The summed E-state index contributed by atoms with van der Waals surface area (Å²) in [6.45, 7) is 3.35. The molecule has 100 valence electrons. The van der Waals surface area contributed by atoms with Gasteiger partial charge in [0.15, 0.2) is 0 Å². The zero-order chi connectivity index (χ0) is 12.9. The van der Waals surface area contributed by atoms with Gasteiger partial charge in [-0.2, -0.15) is 0 Å². The van der Waals surface area contributed by atoms with Gasteiger partial charge in [-0.05, 0) is 24.3 Å². The van der Waals surface area contributed by atoms with Crippen LogP contribution in [0.4, 0.5) is 0 Å². The van der Waals surface area contributed by atoms with E-state index in [-0.39, 0.29) is 6.10 Å². The highest BCUT2D eigenvalue weighted by Gasteiger charge is 2.12. The van der Waals surface area contributed by atoms with Crippen molar-refractivity contribution in [3.63, 3.8) is 0 Å². The fraction of sp³-hybridized carbons (Fsp3) is 0.400. The van der Waals surface area contributed by atoms with Crippen LogP contribution in [0.25, 0.3) is 10.9 Å². The van der Waals surface area contributed by atoms with Gasteiger partial charge in [0, 0.05) is 31.1 Å². The van der Waals surface area contributed by atoms with Crippen LogP contribution in [0.15, 0.2) is 36.5 Å². The van der Waals surface area contributed by atoms with E-state index >= 15 is 0 Å². The van der Waals surface area contributed by atoms with E-state index in [1.807, 2.05) is 30.3 Å². The van der Waals surface area contributed by atoms with Crippen molar-refractivity contribution >= 4 is 10.9 Å². The quantitative estimate of drug-likeness (QED) is 0.911. The SMILES string of the molecule is c1cnc2ccc(OCCC3CNCCO3)cc2c1. The number of pyridine rings is 1. The molecule has 2 heterocycles. The highest BCUT2D eigenvalue weighted by Crippen LogP contribution is 2.19. The molecular weight excluding hydrogens is 240 g/mol. The van der Waals surface area contributed by atoms with Crippen molar-refractivity contribution in [3.8, 4) is 5.75 Å². The van der Waals surface area contributed by atoms with E-state index in [9.17, 15) is 0 Å². The fourth-order valence-electron chi connectivity index (χ4n) is 2.26. The molecule has 0 radical (unpaired) electrons. The van der Waals surface area contributed by atoms with Crippen LogP contribution in [0.2, 0.25) is 0 Å². The first-order valence-electron chi connectivity index (χ1n) is 6.72. The molecule has 4 nitrogen and oxygen atoms in total. The summed E-state index contributed by atoms with van der Waals surface area (Å²) < 4.78 is 11.4. The van der Waals surface area contributed by atoms with Crippen molar-refractivity contribution in [1.29, 1.82) is 0 Å². The Labute approximate surface area is 112 Å². The summed E-state index contributed by atoms with van der Waals surface area (Å²) >= 11 is 0. The first-order chi connectivity index (χ1) is 9.42. The molecule has 0 bridgehead atoms. The minimum absolute atomic E-state index is 0.274. The number of aromatic nitrogens is 1. The number of nitrogens with one attached hydrogen (secondary N) is 1. The number of rotatable bonds is 4. The molecule has 0 aliphatic carbocycles. The molecular formula is C15H18N2O2. The second kappa shape index (κ2) is 5.99. The van der Waals surface area contributed by atoms with Crippen LogP contribution in [0.5, 0.6) is 5.75 Å². The van der Waals surface area contributed by atoms with Gasteiger partial charge in [-0.15, -0.1) is 0 Å². The number of fused-ring (bicyclic) bond motifs is 1. The number of hydrogen-bond donors (Lipinski definition) is 1. The highest BCUT2D eigenvalue weighted by molar-refractivity contribution is 5.79. The van der Waals surface area contributed by atoms with Gasteiger partial charge < -0.3 is 14.8 Å². The molecule has 1 aromatic carbocycles. The van der Waals surface area contributed by atoms with Gasteiger partial charge in [-0.1, -0.05) is 6.07 Å². The van der Waals surface area contributed by atoms with Crippen molar-refractivity contribution in [2.24, 2.45) is 0 Å². The Bertz CT molecular complexity index is 538. The Kier molecular flexibility index (Phi) is 3.91. The van der Waals surface area contributed by atoms with Crippen LogP contribution >= 0.6 is 0 Å². The maximum Gasteiger partial charge on any atom is 0.120 e. The van der Waals surface area contributed by atoms with E-state index in [4.69, 9.17) is 9.47 Å². The number of benzene rings is 1. The molecule has 0 saturated carbocycles. The van der Waals surface area contributed by atoms with E-state index in [0.717, 1.165) is 42.8 Å². The minimum Gasteiger partial charge on any atom is -0.493 e. The molecule has 1 aromatic heterocycles. The van der Waals surface area contributed by atoms with Gasteiger partial charge in [0.2, 0.25) is 0 Å². The fourth-order valence-corrected chi connectivity index (χ4v) is 2.26. The van der Waals surface area contributed by atoms with Crippen molar-refractivity contribution in [3.05, 3.63) is 36.5 Å². The number of ether oxygens (including phenoxy) is 2. The summed E-state index contributed by atoms with van der Waals surface area (Å²) in [7, 11) is 0.